The summed E-state index contributed by atoms with van der Waals surface area (Å²) < 4.78 is 5.59. The SMILES string of the molecule is C=CCNC(=S)N/N=C/C1=C(N2CCOCC2)C(=C/c2ccc(N(CC)CC)cc2)/CC1. The van der Waals surface area contributed by atoms with E-state index in [9.17, 15) is 0 Å². The van der Waals surface area contributed by atoms with Crippen LogP contribution in [0, 0.1) is 0 Å². The summed E-state index contributed by atoms with van der Waals surface area (Å²) in [4.78, 5) is 4.80. The summed E-state index contributed by atoms with van der Waals surface area (Å²) in [6, 6.07) is 8.87. The lowest BCUT2D eigenvalue weighted by atomic mass is 10.1. The number of ether oxygens (including phenoxy) is 1. The fourth-order valence-electron chi connectivity index (χ4n) is 4.12. The van der Waals surface area contributed by atoms with Gasteiger partial charge in [0.25, 0.3) is 0 Å². The van der Waals surface area contributed by atoms with Gasteiger partial charge in [-0.25, -0.2) is 0 Å². The molecule has 2 N–H and O–H groups in total. The molecule has 1 aromatic carbocycles. The summed E-state index contributed by atoms with van der Waals surface area (Å²) in [6.07, 6.45) is 7.97. The number of thiocarbonyl (C=S) groups is 1. The Bertz CT molecular complexity index is 865. The fraction of sp³-hybridized carbons (Fsp3) is 0.440. The van der Waals surface area contributed by atoms with E-state index in [1.165, 1.54) is 28.1 Å². The average molecular weight is 454 g/mol. The third-order valence-electron chi connectivity index (χ3n) is 5.76. The van der Waals surface area contributed by atoms with E-state index >= 15 is 0 Å². The van der Waals surface area contributed by atoms with Gasteiger partial charge in [-0.2, -0.15) is 5.10 Å². The molecule has 1 saturated heterocycles. The zero-order valence-electron chi connectivity index (χ0n) is 19.3. The molecular weight excluding hydrogens is 418 g/mol. The molecule has 6 nitrogen and oxygen atoms in total. The van der Waals surface area contributed by atoms with E-state index in [2.05, 4.69) is 76.4 Å². The molecule has 2 aliphatic rings. The number of hydrazone groups is 1. The van der Waals surface area contributed by atoms with Crippen LogP contribution in [0.5, 0.6) is 0 Å². The van der Waals surface area contributed by atoms with E-state index in [0.29, 0.717) is 11.7 Å². The molecule has 1 aliphatic carbocycles. The molecule has 1 heterocycles. The number of benzene rings is 1. The third kappa shape index (κ3) is 6.43. The molecule has 0 amide bonds. The molecule has 0 spiro atoms. The Hall–Kier alpha value is -2.64. The van der Waals surface area contributed by atoms with Crippen molar-refractivity contribution in [2.75, 3.05) is 50.8 Å². The Morgan fingerprint density at radius 3 is 2.56 bits per heavy atom. The highest BCUT2D eigenvalue weighted by Crippen LogP contribution is 2.35. The second-order valence-corrected chi connectivity index (χ2v) is 8.18. The van der Waals surface area contributed by atoms with Gasteiger partial charge in [0.05, 0.1) is 19.4 Å². The highest BCUT2D eigenvalue weighted by atomic mass is 32.1. The maximum Gasteiger partial charge on any atom is 0.187 e. The van der Waals surface area contributed by atoms with Gasteiger partial charge < -0.3 is 19.9 Å². The highest BCUT2D eigenvalue weighted by Gasteiger charge is 2.25. The van der Waals surface area contributed by atoms with Gasteiger partial charge >= 0.3 is 0 Å². The fourth-order valence-corrected chi connectivity index (χ4v) is 4.25. The number of hydrogen-bond acceptors (Lipinski definition) is 5. The Labute approximate surface area is 197 Å². The Morgan fingerprint density at radius 2 is 1.91 bits per heavy atom. The largest absolute Gasteiger partial charge is 0.378 e. The van der Waals surface area contributed by atoms with Crippen LogP contribution in [-0.2, 0) is 4.74 Å². The van der Waals surface area contributed by atoms with Crippen molar-refractivity contribution in [3.63, 3.8) is 0 Å². The van der Waals surface area contributed by atoms with Crippen LogP contribution in [0.15, 0.2) is 58.9 Å². The van der Waals surface area contributed by atoms with E-state index in [4.69, 9.17) is 17.0 Å². The lowest BCUT2D eigenvalue weighted by Crippen LogP contribution is -2.36. The van der Waals surface area contributed by atoms with E-state index in [1.54, 1.807) is 6.08 Å². The van der Waals surface area contributed by atoms with Crippen molar-refractivity contribution in [2.45, 2.75) is 26.7 Å². The van der Waals surface area contributed by atoms with Gasteiger partial charge in [0.15, 0.2) is 5.11 Å². The minimum Gasteiger partial charge on any atom is -0.378 e. The molecule has 0 aromatic heterocycles. The standard InChI is InChI=1S/C25H35N5OS/c1-4-13-26-25(32)28-27-19-22-10-9-21(24(22)30-14-16-31-17-15-30)18-20-7-11-23(12-8-20)29(5-2)6-3/h4,7-8,11-12,18-19H,1,5-6,9-10,13-17H2,2-3H3,(H2,26,28,32)/b21-18+,27-19+. The Balaban J connectivity index is 1.81. The van der Waals surface area contributed by atoms with Crippen molar-refractivity contribution in [3.8, 4) is 0 Å². The zero-order valence-corrected chi connectivity index (χ0v) is 20.1. The Kier molecular flexibility index (Phi) is 9.31. The van der Waals surface area contributed by atoms with Gasteiger partial charge in [0.1, 0.15) is 0 Å². The first kappa shape index (κ1) is 24.0. The number of morpholine rings is 1. The molecule has 32 heavy (non-hydrogen) atoms. The second-order valence-electron chi connectivity index (χ2n) is 7.78. The highest BCUT2D eigenvalue weighted by molar-refractivity contribution is 7.80. The van der Waals surface area contributed by atoms with Crippen LogP contribution in [0.4, 0.5) is 5.69 Å². The minimum absolute atomic E-state index is 0.497. The summed E-state index contributed by atoms with van der Waals surface area (Å²) in [5, 5.41) is 7.90. The number of rotatable bonds is 9. The maximum absolute atomic E-state index is 5.59. The van der Waals surface area contributed by atoms with Gasteiger partial charge in [0.2, 0.25) is 0 Å². The summed E-state index contributed by atoms with van der Waals surface area (Å²) in [7, 11) is 0. The summed E-state index contributed by atoms with van der Waals surface area (Å²) in [6.45, 7) is 14.0. The molecule has 1 aromatic rings. The molecule has 1 aliphatic heterocycles. The van der Waals surface area contributed by atoms with Crippen molar-refractivity contribution in [2.24, 2.45) is 5.10 Å². The first-order valence-electron chi connectivity index (χ1n) is 11.5. The van der Waals surface area contributed by atoms with E-state index < -0.39 is 0 Å². The quantitative estimate of drug-likeness (QED) is 0.256. The minimum atomic E-state index is 0.497. The van der Waals surface area contributed by atoms with Crippen molar-refractivity contribution >= 4 is 35.3 Å². The van der Waals surface area contributed by atoms with Crippen molar-refractivity contribution in [1.29, 1.82) is 0 Å². The van der Waals surface area contributed by atoms with Crippen LogP contribution in [0.2, 0.25) is 0 Å². The second kappa shape index (κ2) is 12.4. The molecule has 1 fully saturated rings. The molecule has 0 radical (unpaired) electrons. The molecule has 0 bridgehead atoms. The normalized spacial score (nSPS) is 17.8. The predicted molar refractivity (Wildman–Crippen MR) is 139 cm³/mol. The van der Waals surface area contributed by atoms with Gasteiger partial charge in [-0.05, 0) is 73.8 Å². The Morgan fingerprint density at radius 1 is 1.19 bits per heavy atom. The van der Waals surface area contributed by atoms with Gasteiger partial charge in [-0.15, -0.1) is 6.58 Å². The van der Waals surface area contributed by atoms with Crippen molar-refractivity contribution < 1.29 is 4.74 Å². The predicted octanol–water partition coefficient (Wildman–Crippen LogP) is 3.93. The number of anilines is 1. The zero-order chi connectivity index (χ0) is 22.8. The van der Waals surface area contributed by atoms with Crippen molar-refractivity contribution in [3.05, 3.63) is 59.3 Å². The smallest absolute Gasteiger partial charge is 0.187 e. The van der Waals surface area contributed by atoms with Crippen molar-refractivity contribution in [1.82, 2.24) is 15.6 Å². The monoisotopic (exact) mass is 453 g/mol. The van der Waals surface area contributed by atoms with E-state index in [-0.39, 0.29) is 0 Å². The lowest BCUT2D eigenvalue weighted by Gasteiger charge is -2.31. The number of nitrogens with zero attached hydrogens (tertiary/aromatic N) is 3. The molecule has 7 heteroatoms. The molecule has 172 valence electrons. The molecular formula is C25H35N5OS. The number of nitrogens with one attached hydrogen (secondary N) is 2. The van der Waals surface area contributed by atoms with Crippen LogP contribution >= 0.6 is 12.2 Å². The van der Waals surface area contributed by atoms with Crippen LogP contribution in [0.1, 0.15) is 32.3 Å². The third-order valence-corrected chi connectivity index (χ3v) is 5.99. The molecule has 3 rings (SSSR count). The van der Waals surface area contributed by atoms with Gasteiger partial charge in [0, 0.05) is 44.1 Å². The topological polar surface area (TPSA) is 52.1 Å². The number of allylic oxidation sites excluding steroid dienone is 2. The van der Waals surface area contributed by atoms with Crippen LogP contribution < -0.4 is 15.6 Å². The van der Waals surface area contributed by atoms with E-state index in [0.717, 1.165) is 52.2 Å². The van der Waals surface area contributed by atoms with E-state index in [1.807, 2.05) is 6.21 Å². The van der Waals surface area contributed by atoms with Gasteiger partial charge in [-0.1, -0.05) is 18.2 Å². The summed E-state index contributed by atoms with van der Waals surface area (Å²) >= 11 is 5.23. The van der Waals surface area contributed by atoms with Crippen LogP contribution in [0.3, 0.4) is 0 Å². The summed E-state index contributed by atoms with van der Waals surface area (Å²) in [5.41, 5.74) is 9.28. The van der Waals surface area contributed by atoms with Crippen LogP contribution in [-0.4, -0.2) is 62.2 Å². The summed E-state index contributed by atoms with van der Waals surface area (Å²) in [5.74, 6) is 0. The average Bonchev–Trinajstić information content (AvgIpc) is 3.22. The van der Waals surface area contributed by atoms with Crippen LogP contribution in [0.25, 0.3) is 6.08 Å². The lowest BCUT2D eigenvalue weighted by molar-refractivity contribution is 0.0548. The van der Waals surface area contributed by atoms with Gasteiger partial charge in [-0.3, -0.25) is 5.43 Å². The maximum atomic E-state index is 5.59. The molecule has 0 saturated carbocycles. The molecule has 0 unspecified atom stereocenters. The molecule has 0 atom stereocenters. The first-order chi connectivity index (χ1) is 15.7. The number of hydrogen-bond donors (Lipinski definition) is 2. The first-order valence-corrected chi connectivity index (χ1v) is 11.9.